The first-order valence-electron chi connectivity index (χ1n) is 7.81. The third kappa shape index (κ3) is 3.23. The van der Waals surface area contributed by atoms with Gasteiger partial charge in [-0.05, 0) is 25.7 Å². The first kappa shape index (κ1) is 16.3. The van der Waals surface area contributed by atoms with Crippen LogP contribution in [-0.4, -0.2) is 52.0 Å². The van der Waals surface area contributed by atoms with Crippen LogP contribution in [0.4, 0.5) is 4.79 Å². The highest BCUT2D eigenvalue weighted by molar-refractivity contribution is 6.67. The van der Waals surface area contributed by atoms with E-state index >= 15 is 0 Å². The average Bonchev–Trinajstić information content (AvgIpc) is 2.49. The molecule has 0 unspecified atom stereocenters. The normalized spacial score (nSPS) is 22.6. The highest BCUT2D eigenvalue weighted by Gasteiger charge is 2.43. The second-order valence-corrected chi connectivity index (χ2v) is 5.81. The summed E-state index contributed by atoms with van der Waals surface area (Å²) in [5.41, 5.74) is 5.86. The van der Waals surface area contributed by atoms with E-state index < -0.39 is 17.8 Å². The third-order valence-electron chi connectivity index (χ3n) is 4.19. The Morgan fingerprint density at radius 2 is 1.95 bits per heavy atom. The summed E-state index contributed by atoms with van der Waals surface area (Å²) in [5.74, 6) is -0.725. The number of carbonyl (C=O) groups excluding carboxylic acids is 3. The molecule has 0 aromatic rings. The minimum atomic E-state index is -0.597. The Balaban J connectivity index is 2.37. The summed E-state index contributed by atoms with van der Waals surface area (Å²) in [6.07, 6.45) is 5.63. The Kier molecular flexibility index (Phi) is 5.05. The first-order chi connectivity index (χ1) is 10.5. The molecule has 1 aliphatic carbocycles. The van der Waals surface area contributed by atoms with Crippen LogP contribution in [0.3, 0.4) is 0 Å². The van der Waals surface area contributed by atoms with Crippen LogP contribution >= 0.6 is 0 Å². The Hall–Kier alpha value is -2.05. The maximum Gasteiger partial charge on any atom is 0.446 e. The van der Waals surface area contributed by atoms with Gasteiger partial charge in [0.2, 0.25) is 11.6 Å². The van der Waals surface area contributed by atoms with E-state index in [0.717, 1.165) is 30.6 Å². The van der Waals surface area contributed by atoms with Gasteiger partial charge in [-0.25, -0.2) is 9.59 Å². The molecule has 0 atom stereocenters. The second kappa shape index (κ2) is 6.81. The monoisotopic (exact) mass is 307 g/mol. The largest absolute Gasteiger partial charge is 0.446 e. The number of carbonyl (C=O) groups is 3. The maximum atomic E-state index is 12.5. The van der Waals surface area contributed by atoms with Crippen molar-refractivity contribution in [2.45, 2.75) is 46.0 Å². The molecule has 0 aromatic heterocycles. The lowest BCUT2D eigenvalue weighted by Crippen LogP contribution is -2.58. The van der Waals surface area contributed by atoms with Crippen molar-refractivity contribution >= 4 is 29.4 Å². The van der Waals surface area contributed by atoms with E-state index in [0.29, 0.717) is 12.5 Å². The topological polar surface area (TPSA) is 95.8 Å². The third-order valence-corrected chi connectivity index (χ3v) is 4.19. The lowest BCUT2D eigenvalue weighted by Gasteiger charge is -2.26. The van der Waals surface area contributed by atoms with E-state index in [-0.39, 0.29) is 18.1 Å². The molecule has 0 spiro atoms. The van der Waals surface area contributed by atoms with Gasteiger partial charge in [0, 0.05) is 6.92 Å². The van der Waals surface area contributed by atoms with E-state index in [4.69, 9.17) is 5.73 Å². The van der Waals surface area contributed by atoms with Gasteiger partial charge in [0.25, 0.3) is 5.84 Å². The number of amides is 4. The van der Waals surface area contributed by atoms with Gasteiger partial charge < -0.3 is 5.73 Å². The number of imide groups is 1. The molecular weight excluding hydrogens is 284 g/mol. The van der Waals surface area contributed by atoms with Crippen molar-refractivity contribution in [2.75, 3.05) is 13.1 Å². The predicted molar refractivity (Wildman–Crippen MR) is 81.8 cm³/mol. The van der Waals surface area contributed by atoms with Crippen molar-refractivity contribution in [1.82, 2.24) is 4.90 Å². The van der Waals surface area contributed by atoms with Crippen LogP contribution in [0.1, 0.15) is 46.0 Å². The van der Waals surface area contributed by atoms with Crippen LogP contribution < -0.4 is 5.73 Å². The number of urea groups is 1. The van der Waals surface area contributed by atoms with Gasteiger partial charge in [-0.2, -0.15) is 14.5 Å². The summed E-state index contributed by atoms with van der Waals surface area (Å²) >= 11 is 0. The molecule has 0 bridgehead atoms. The summed E-state index contributed by atoms with van der Waals surface area (Å²) in [7, 11) is 0. The average molecular weight is 307 g/mol. The van der Waals surface area contributed by atoms with Gasteiger partial charge in [-0.15, -0.1) is 0 Å². The molecule has 7 nitrogen and oxygen atoms in total. The molecule has 1 heterocycles. The number of hydrogen-bond acceptors (Lipinski definition) is 4. The highest BCUT2D eigenvalue weighted by atomic mass is 16.2. The predicted octanol–water partition coefficient (Wildman–Crippen LogP) is 0.906. The van der Waals surface area contributed by atoms with Gasteiger partial charge in [0.1, 0.15) is 0 Å². The van der Waals surface area contributed by atoms with Gasteiger partial charge in [-0.3, -0.25) is 4.79 Å². The first-order valence-corrected chi connectivity index (χ1v) is 7.81. The van der Waals surface area contributed by atoms with Crippen LogP contribution in [0.25, 0.3) is 0 Å². The van der Waals surface area contributed by atoms with Crippen LogP contribution in [0, 0.1) is 5.92 Å². The van der Waals surface area contributed by atoms with Gasteiger partial charge in [-0.1, -0.05) is 19.3 Å². The number of aliphatic imine (C=N–C) groups is 1. The van der Waals surface area contributed by atoms with Crippen molar-refractivity contribution in [1.29, 1.82) is 0 Å². The second-order valence-electron chi connectivity index (χ2n) is 5.81. The van der Waals surface area contributed by atoms with E-state index in [1.807, 2.05) is 0 Å². The fraction of sp³-hybridized carbons (Fsp3) is 0.667. The minimum Gasteiger partial charge on any atom is -0.316 e. The summed E-state index contributed by atoms with van der Waals surface area (Å²) in [5, 5.41) is 0. The molecule has 0 saturated heterocycles. The van der Waals surface area contributed by atoms with Crippen molar-refractivity contribution in [3.05, 3.63) is 0 Å². The molecule has 1 saturated carbocycles. The van der Waals surface area contributed by atoms with Gasteiger partial charge >= 0.3 is 11.9 Å². The SMILES string of the molecule is CCN1C(=O)C(=NC(C)=O)C(N)=[N+](CC2CCCCC2)C1=O. The summed E-state index contributed by atoms with van der Waals surface area (Å²) in [6, 6.07) is -0.418. The molecule has 4 amide bonds. The van der Waals surface area contributed by atoms with E-state index in [1.54, 1.807) is 6.92 Å². The van der Waals surface area contributed by atoms with Crippen molar-refractivity contribution in [3.8, 4) is 0 Å². The molecule has 22 heavy (non-hydrogen) atoms. The molecule has 1 fully saturated rings. The Labute approximate surface area is 129 Å². The molecule has 0 radical (unpaired) electrons. The molecule has 2 N–H and O–H groups in total. The Morgan fingerprint density at radius 1 is 1.32 bits per heavy atom. The fourth-order valence-corrected chi connectivity index (χ4v) is 3.05. The number of amidine groups is 1. The zero-order valence-electron chi connectivity index (χ0n) is 13.2. The molecule has 7 heteroatoms. The minimum absolute atomic E-state index is 0.000438. The highest BCUT2D eigenvalue weighted by Crippen LogP contribution is 2.24. The van der Waals surface area contributed by atoms with Crippen LogP contribution in [-0.2, 0) is 9.59 Å². The number of hydrogen-bond donors (Lipinski definition) is 1. The van der Waals surface area contributed by atoms with Crippen molar-refractivity contribution < 1.29 is 19.0 Å². The Bertz CT molecular complexity index is 559. The van der Waals surface area contributed by atoms with E-state index in [2.05, 4.69) is 4.99 Å². The summed E-state index contributed by atoms with van der Waals surface area (Å²) in [6.45, 7) is 3.67. The van der Waals surface area contributed by atoms with Crippen molar-refractivity contribution in [3.63, 3.8) is 0 Å². The standard InChI is InChI=1S/C15H22N4O3/c1-3-18-14(21)12(17-10(2)20)13(16)19(15(18)22)9-11-7-5-4-6-8-11/h11,16H,3-9H2,1-2H3/p+1. The molecule has 0 aromatic carbocycles. The molecule has 2 rings (SSSR count). The maximum absolute atomic E-state index is 12.5. The smallest absolute Gasteiger partial charge is 0.316 e. The lowest BCUT2D eigenvalue weighted by molar-refractivity contribution is -0.445. The zero-order chi connectivity index (χ0) is 16.3. The Morgan fingerprint density at radius 3 is 2.50 bits per heavy atom. The van der Waals surface area contributed by atoms with Crippen molar-refractivity contribution in [2.24, 2.45) is 16.6 Å². The lowest BCUT2D eigenvalue weighted by atomic mass is 9.89. The van der Waals surface area contributed by atoms with E-state index in [1.165, 1.54) is 17.9 Å². The molecule has 120 valence electrons. The van der Waals surface area contributed by atoms with Gasteiger partial charge in [0.15, 0.2) is 0 Å². The summed E-state index contributed by atoms with van der Waals surface area (Å²) in [4.78, 5) is 40.8. The quantitative estimate of drug-likeness (QED) is 0.784. The van der Waals surface area contributed by atoms with Crippen LogP contribution in [0.5, 0.6) is 0 Å². The molecule has 2 aliphatic rings. The number of rotatable bonds is 3. The molecular formula is C15H23N4O3+. The zero-order valence-corrected chi connectivity index (χ0v) is 13.2. The van der Waals surface area contributed by atoms with E-state index in [9.17, 15) is 14.4 Å². The van der Waals surface area contributed by atoms with Crippen LogP contribution in [0.15, 0.2) is 4.99 Å². The summed E-state index contributed by atoms with van der Waals surface area (Å²) < 4.78 is 1.41. The molecule has 1 aliphatic heterocycles. The van der Waals surface area contributed by atoms with Crippen LogP contribution in [0.2, 0.25) is 0 Å². The van der Waals surface area contributed by atoms with Gasteiger partial charge in [0.05, 0.1) is 13.1 Å². The number of nitrogens with two attached hydrogens (primary N) is 1. The fourth-order valence-electron chi connectivity index (χ4n) is 3.05. The number of nitrogens with zero attached hydrogens (tertiary/aromatic N) is 3.